The van der Waals surface area contributed by atoms with Crippen LogP contribution in [0.1, 0.15) is 57.1 Å². The van der Waals surface area contributed by atoms with Crippen molar-refractivity contribution in [2.75, 3.05) is 6.61 Å². The first-order valence-electron chi connectivity index (χ1n) is 12.5. The molecule has 5 heteroatoms. The molecule has 186 valence electrons. The van der Waals surface area contributed by atoms with Crippen molar-refractivity contribution in [3.05, 3.63) is 102 Å². The first-order valence-corrected chi connectivity index (χ1v) is 12.5. The van der Waals surface area contributed by atoms with Crippen LogP contribution in [0, 0.1) is 0 Å². The fraction of sp³-hybridized carbons (Fsp3) is 0.290. The summed E-state index contributed by atoms with van der Waals surface area (Å²) in [5, 5.41) is 3.06. The minimum Gasteiger partial charge on any atom is -0.494 e. The van der Waals surface area contributed by atoms with Gasteiger partial charge >= 0.3 is 0 Å². The molecular weight excluding hydrogens is 446 g/mol. The van der Waals surface area contributed by atoms with Gasteiger partial charge in [-0.2, -0.15) is 0 Å². The van der Waals surface area contributed by atoms with Gasteiger partial charge in [0.1, 0.15) is 11.6 Å². The van der Waals surface area contributed by atoms with E-state index in [1.165, 1.54) is 5.56 Å². The quantitative estimate of drug-likeness (QED) is 0.214. The Labute approximate surface area is 213 Å². The average Bonchev–Trinajstić information content (AvgIpc) is 3.24. The predicted molar refractivity (Wildman–Crippen MR) is 147 cm³/mol. The molecule has 0 aliphatic heterocycles. The number of fused-ring (bicyclic) bond motifs is 1. The Hall–Kier alpha value is -3.86. The van der Waals surface area contributed by atoms with Gasteiger partial charge in [-0.15, -0.1) is 0 Å². The van der Waals surface area contributed by atoms with Crippen molar-refractivity contribution >= 4 is 23.0 Å². The molecule has 1 atom stereocenters. The van der Waals surface area contributed by atoms with E-state index in [9.17, 15) is 4.79 Å². The average molecular weight is 482 g/mol. The van der Waals surface area contributed by atoms with Crippen molar-refractivity contribution in [2.45, 2.75) is 52.1 Å². The maximum absolute atomic E-state index is 12.6. The Bertz CT molecular complexity index is 1320. The molecule has 1 N–H and O–H groups in total. The molecule has 1 heterocycles. The molecule has 0 radical (unpaired) electrons. The fourth-order valence-corrected chi connectivity index (χ4v) is 4.19. The molecule has 0 bridgehead atoms. The number of rotatable bonds is 9. The van der Waals surface area contributed by atoms with Crippen LogP contribution in [0.15, 0.2) is 84.9 Å². The minimum atomic E-state index is -0.240. The molecule has 1 amide bonds. The number of nitrogens with one attached hydrogen (secondary N) is 1. The van der Waals surface area contributed by atoms with Gasteiger partial charge < -0.3 is 14.6 Å². The monoisotopic (exact) mass is 481 g/mol. The number of ether oxygens (including phenoxy) is 1. The highest BCUT2D eigenvalue weighted by Crippen LogP contribution is 2.25. The van der Waals surface area contributed by atoms with Crippen molar-refractivity contribution in [1.82, 2.24) is 14.9 Å². The summed E-state index contributed by atoms with van der Waals surface area (Å²) in [5.41, 5.74) is 4.38. The summed E-state index contributed by atoms with van der Waals surface area (Å²) in [5.74, 6) is 1.57. The van der Waals surface area contributed by atoms with E-state index >= 15 is 0 Å². The molecular formula is C31H35N3O2. The smallest absolute Gasteiger partial charge is 0.244 e. The van der Waals surface area contributed by atoms with Crippen LogP contribution in [-0.2, 0) is 16.8 Å². The third-order valence-electron chi connectivity index (χ3n) is 6.17. The second-order valence-electron chi connectivity index (χ2n) is 10.1. The Morgan fingerprint density at radius 1 is 1.00 bits per heavy atom. The summed E-state index contributed by atoms with van der Waals surface area (Å²) in [6.07, 6.45) is 4.21. The molecule has 1 aromatic heterocycles. The molecule has 0 spiro atoms. The second-order valence-corrected chi connectivity index (χ2v) is 10.1. The summed E-state index contributed by atoms with van der Waals surface area (Å²) < 4.78 is 8.20. The molecule has 1 unspecified atom stereocenters. The number of nitrogens with zero attached hydrogens (tertiary/aromatic N) is 2. The summed E-state index contributed by atoms with van der Waals surface area (Å²) in [4.78, 5) is 17.4. The van der Waals surface area contributed by atoms with Crippen LogP contribution < -0.4 is 10.1 Å². The van der Waals surface area contributed by atoms with E-state index in [-0.39, 0.29) is 17.4 Å². The molecule has 36 heavy (non-hydrogen) atoms. The first kappa shape index (κ1) is 25.2. The molecule has 0 aliphatic carbocycles. The molecule has 0 saturated carbocycles. The number of amides is 1. The zero-order valence-corrected chi connectivity index (χ0v) is 21.6. The lowest BCUT2D eigenvalue weighted by atomic mass is 9.87. The molecule has 0 saturated heterocycles. The van der Waals surface area contributed by atoms with Gasteiger partial charge in [0.15, 0.2) is 0 Å². The third kappa shape index (κ3) is 6.42. The number of imidazole rings is 1. The first-order chi connectivity index (χ1) is 17.3. The maximum atomic E-state index is 12.6. The van der Waals surface area contributed by atoms with Gasteiger partial charge in [-0.1, -0.05) is 75.4 Å². The van der Waals surface area contributed by atoms with Crippen molar-refractivity contribution in [1.29, 1.82) is 0 Å². The molecule has 0 fully saturated rings. The van der Waals surface area contributed by atoms with E-state index in [4.69, 9.17) is 9.72 Å². The third-order valence-corrected chi connectivity index (χ3v) is 6.17. The number of carbonyl (C=O) groups excluding carboxylic acids is 1. The van der Waals surface area contributed by atoms with E-state index in [2.05, 4.69) is 48.9 Å². The van der Waals surface area contributed by atoms with Gasteiger partial charge in [-0.05, 0) is 60.2 Å². The minimum absolute atomic E-state index is 0.126. The van der Waals surface area contributed by atoms with Crippen molar-refractivity contribution in [3.63, 3.8) is 0 Å². The number of aryl methyl sites for hydroxylation is 1. The van der Waals surface area contributed by atoms with Gasteiger partial charge in [0.05, 0.1) is 23.7 Å². The topological polar surface area (TPSA) is 56.2 Å². The number of para-hydroxylation sites is 2. The van der Waals surface area contributed by atoms with E-state index in [0.29, 0.717) is 6.61 Å². The molecule has 4 aromatic rings. The van der Waals surface area contributed by atoms with Crippen LogP contribution in [0.4, 0.5) is 0 Å². The van der Waals surface area contributed by atoms with Crippen LogP contribution in [0.25, 0.3) is 17.1 Å². The highest BCUT2D eigenvalue weighted by molar-refractivity contribution is 5.92. The standard InChI is InChI=1S/C31H35N3O2/c1-23(32-29(35)20-15-24-11-6-5-7-12-24)30-33-27-13-8-9-14-28(27)34(30)21-10-22-36-26-18-16-25(17-19-26)31(2,3)4/h5-9,11-20,23H,10,21-22H2,1-4H3,(H,32,35)/b20-15-. The molecule has 3 aromatic carbocycles. The Morgan fingerprint density at radius 3 is 2.42 bits per heavy atom. The number of aromatic nitrogens is 2. The molecule has 5 nitrogen and oxygen atoms in total. The van der Waals surface area contributed by atoms with Gasteiger partial charge in [0, 0.05) is 12.6 Å². The van der Waals surface area contributed by atoms with Gasteiger partial charge in [0.2, 0.25) is 5.91 Å². The summed E-state index contributed by atoms with van der Waals surface area (Å²) in [6, 6.07) is 26.0. The number of carbonyl (C=O) groups is 1. The summed E-state index contributed by atoms with van der Waals surface area (Å²) in [7, 11) is 0. The Kier molecular flexibility index (Phi) is 7.89. The van der Waals surface area contributed by atoms with Crippen LogP contribution in [0.3, 0.4) is 0 Å². The Balaban J connectivity index is 1.40. The summed E-state index contributed by atoms with van der Waals surface area (Å²) >= 11 is 0. The molecule has 4 rings (SSSR count). The fourth-order valence-electron chi connectivity index (χ4n) is 4.19. The predicted octanol–water partition coefficient (Wildman–Crippen LogP) is 6.69. The Morgan fingerprint density at radius 2 is 1.69 bits per heavy atom. The lowest BCUT2D eigenvalue weighted by Gasteiger charge is -2.19. The van der Waals surface area contributed by atoms with Gasteiger partial charge in [-0.25, -0.2) is 4.98 Å². The number of hydrogen-bond acceptors (Lipinski definition) is 3. The van der Waals surface area contributed by atoms with Crippen molar-refractivity contribution in [2.24, 2.45) is 0 Å². The highest BCUT2D eigenvalue weighted by atomic mass is 16.5. The van der Waals surface area contributed by atoms with E-state index in [1.54, 1.807) is 6.08 Å². The van der Waals surface area contributed by atoms with Gasteiger partial charge in [-0.3, -0.25) is 4.79 Å². The largest absolute Gasteiger partial charge is 0.494 e. The van der Waals surface area contributed by atoms with Crippen molar-refractivity contribution < 1.29 is 9.53 Å². The van der Waals surface area contributed by atoms with Crippen LogP contribution in [0.2, 0.25) is 0 Å². The SMILES string of the molecule is CC(NC(=O)/C=C\c1ccccc1)c1nc2ccccc2n1CCCOc1ccc(C(C)(C)C)cc1. The van der Waals surface area contributed by atoms with Crippen LogP contribution in [0.5, 0.6) is 5.75 Å². The number of benzene rings is 3. The normalized spacial score (nSPS) is 12.7. The zero-order valence-electron chi connectivity index (χ0n) is 21.6. The zero-order chi connectivity index (χ0) is 25.5. The van der Waals surface area contributed by atoms with Gasteiger partial charge in [0.25, 0.3) is 0 Å². The second kappa shape index (κ2) is 11.3. The lowest BCUT2D eigenvalue weighted by molar-refractivity contribution is -0.117. The van der Waals surface area contributed by atoms with E-state index < -0.39 is 0 Å². The lowest BCUT2D eigenvalue weighted by Crippen LogP contribution is -2.27. The highest BCUT2D eigenvalue weighted by Gasteiger charge is 2.18. The molecule has 0 aliphatic rings. The van der Waals surface area contributed by atoms with E-state index in [1.807, 2.05) is 73.7 Å². The van der Waals surface area contributed by atoms with Crippen LogP contribution >= 0.6 is 0 Å². The van der Waals surface area contributed by atoms with E-state index in [0.717, 1.165) is 41.1 Å². The number of hydrogen-bond donors (Lipinski definition) is 1. The maximum Gasteiger partial charge on any atom is 0.244 e. The van der Waals surface area contributed by atoms with Crippen LogP contribution in [-0.4, -0.2) is 22.1 Å². The van der Waals surface area contributed by atoms with Crippen molar-refractivity contribution in [3.8, 4) is 5.75 Å². The summed E-state index contributed by atoms with van der Waals surface area (Å²) in [6.45, 7) is 9.94.